The van der Waals surface area contributed by atoms with Crippen molar-refractivity contribution < 1.29 is 14.4 Å². The molecule has 23 heavy (non-hydrogen) atoms. The predicted molar refractivity (Wildman–Crippen MR) is 91.6 cm³/mol. The van der Waals surface area contributed by atoms with Crippen molar-refractivity contribution in [2.24, 2.45) is 11.3 Å². The van der Waals surface area contributed by atoms with Crippen molar-refractivity contribution in [3.05, 3.63) is 25.3 Å². The Bertz CT molecular complexity index is 452. The van der Waals surface area contributed by atoms with Gasteiger partial charge in [-0.1, -0.05) is 12.2 Å². The molecular formula is C17H29N3O3. The molecule has 0 bridgehead atoms. The van der Waals surface area contributed by atoms with Gasteiger partial charge in [0.2, 0.25) is 17.7 Å². The molecule has 0 aliphatic heterocycles. The molecule has 130 valence electrons. The lowest BCUT2D eigenvalue weighted by atomic mass is 9.76. The molecule has 0 unspecified atom stereocenters. The van der Waals surface area contributed by atoms with E-state index in [2.05, 4.69) is 29.1 Å². The normalized spacial score (nSPS) is 11.6. The third-order valence-electron chi connectivity index (χ3n) is 3.16. The van der Waals surface area contributed by atoms with E-state index in [1.54, 1.807) is 13.8 Å². The van der Waals surface area contributed by atoms with Crippen LogP contribution in [0.3, 0.4) is 0 Å². The zero-order chi connectivity index (χ0) is 18.3. The number of rotatable bonds is 8. The lowest BCUT2D eigenvalue weighted by Gasteiger charge is -2.34. The third-order valence-corrected chi connectivity index (χ3v) is 3.16. The molecule has 0 radical (unpaired) electrons. The summed E-state index contributed by atoms with van der Waals surface area (Å²) in [6.07, 6.45) is 3.03. The van der Waals surface area contributed by atoms with Crippen LogP contribution in [0.2, 0.25) is 0 Å². The van der Waals surface area contributed by atoms with Crippen LogP contribution in [-0.4, -0.2) is 36.3 Å². The molecule has 0 rings (SSSR count). The highest BCUT2D eigenvalue weighted by Crippen LogP contribution is 2.28. The maximum absolute atomic E-state index is 12.6. The van der Waals surface area contributed by atoms with Gasteiger partial charge in [-0.3, -0.25) is 14.4 Å². The molecule has 3 amide bonds. The van der Waals surface area contributed by atoms with E-state index in [4.69, 9.17) is 0 Å². The van der Waals surface area contributed by atoms with Crippen LogP contribution in [0, 0.1) is 11.3 Å². The van der Waals surface area contributed by atoms with Gasteiger partial charge in [0.1, 0.15) is 5.92 Å². The van der Waals surface area contributed by atoms with Crippen LogP contribution in [0.1, 0.15) is 34.6 Å². The summed E-state index contributed by atoms with van der Waals surface area (Å²) >= 11 is 0. The number of amides is 3. The smallest absolute Gasteiger partial charge is 0.233 e. The molecule has 0 fully saturated rings. The van der Waals surface area contributed by atoms with Crippen molar-refractivity contribution in [1.82, 2.24) is 16.0 Å². The first-order chi connectivity index (χ1) is 10.5. The number of nitrogens with one attached hydrogen (secondary N) is 3. The van der Waals surface area contributed by atoms with Crippen LogP contribution >= 0.6 is 0 Å². The molecule has 6 nitrogen and oxygen atoms in total. The summed E-state index contributed by atoms with van der Waals surface area (Å²) in [5.74, 6) is -2.55. The molecule has 0 spiro atoms. The molecule has 0 atom stereocenters. The predicted octanol–water partition coefficient (Wildman–Crippen LogP) is 1.15. The highest BCUT2D eigenvalue weighted by atomic mass is 16.2. The van der Waals surface area contributed by atoms with Gasteiger partial charge in [-0.2, -0.15) is 0 Å². The lowest BCUT2D eigenvalue weighted by molar-refractivity contribution is -0.148. The SMILES string of the molecule is C=CCNC(=O)C(C(=O)NCC=C)C(C)(C)C(=O)NC(C)(C)C. The highest BCUT2D eigenvalue weighted by molar-refractivity contribution is 6.05. The van der Waals surface area contributed by atoms with E-state index in [0.29, 0.717) is 0 Å². The summed E-state index contributed by atoms with van der Waals surface area (Å²) in [7, 11) is 0. The van der Waals surface area contributed by atoms with Crippen LogP contribution in [0.5, 0.6) is 0 Å². The summed E-state index contributed by atoms with van der Waals surface area (Å²) in [6, 6.07) is 0. The van der Waals surface area contributed by atoms with Crippen LogP contribution in [0.25, 0.3) is 0 Å². The van der Waals surface area contributed by atoms with Crippen molar-refractivity contribution in [2.75, 3.05) is 13.1 Å². The van der Waals surface area contributed by atoms with E-state index in [9.17, 15) is 14.4 Å². The van der Waals surface area contributed by atoms with Crippen molar-refractivity contribution in [3.8, 4) is 0 Å². The second kappa shape index (κ2) is 8.50. The summed E-state index contributed by atoms with van der Waals surface area (Å²) in [4.78, 5) is 37.4. The van der Waals surface area contributed by atoms with Gasteiger partial charge in [-0.05, 0) is 34.6 Å². The fraction of sp³-hybridized carbons (Fsp3) is 0.588. The number of carbonyl (C=O) groups excluding carboxylic acids is 3. The molecule has 0 saturated carbocycles. The molecule has 0 aromatic carbocycles. The molecular weight excluding hydrogens is 294 g/mol. The monoisotopic (exact) mass is 323 g/mol. The Hall–Kier alpha value is -2.11. The van der Waals surface area contributed by atoms with Gasteiger partial charge < -0.3 is 16.0 Å². The zero-order valence-corrected chi connectivity index (χ0v) is 14.8. The summed E-state index contributed by atoms with van der Waals surface area (Å²) < 4.78 is 0. The van der Waals surface area contributed by atoms with E-state index >= 15 is 0 Å². The first kappa shape index (κ1) is 20.9. The average Bonchev–Trinajstić information content (AvgIpc) is 2.40. The van der Waals surface area contributed by atoms with E-state index in [0.717, 1.165) is 0 Å². The summed E-state index contributed by atoms with van der Waals surface area (Å²) in [5, 5.41) is 8.00. The molecule has 0 aliphatic carbocycles. The highest BCUT2D eigenvalue weighted by Gasteiger charge is 2.46. The molecule has 6 heteroatoms. The second-order valence-electron chi connectivity index (χ2n) is 6.93. The van der Waals surface area contributed by atoms with Gasteiger partial charge >= 0.3 is 0 Å². The Labute approximate surface area is 138 Å². The minimum absolute atomic E-state index is 0.223. The van der Waals surface area contributed by atoms with Crippen molar-refractivity contribution in [2.45, 2.75) is 40.2 Å². The topological polar surface area (TPSA) is 87.3 Å². The van der Waals surface area contributed by atoms with Gasteiger partial charge in [-0.15, -0.1) is 13.2 Å². The first-order valence-corrected chi connectivity index (χ1v) is 7.57. The van der Waals surface area contributed by atoms with Crippen molar-refractivity contribution in [3.63, 3.8) is 0 Å². The van der Waals surface area contributed by atoms with Crippen molar-refractivity contribution in [1.29, 1.82) is 0 Å². The maximum atomic E-state index is 12.6. The van der Waals surface area contributed by atoms with Gasteiger partial charge in [0, 0.05) is 18.6 Å². The van der Waals surface area contributed by atoms with Gasteiger partial charge in [0.25, 0.3) is 0 Å². The second-order valence-corrected chi connectivity index (χ2v) is 6.93. The fourth-order valence-corrected chi connectivity index (χ4v) is 1.96. The molecule has 0 aliphatic rings. The standard InChI is InChI=1S/C17H29N3O3/c1-8-10-18-13(21)12(14(22)19-11-9-2)17(6,7)15(23)20-16(3,4)5/h8-9,12H,1-2,10-11H2,3-7H3,(H,18,21)(H,19,22)(H,20,23). The van der Waals surface area contributed by atoms with Gasteiger partial charge in [0.15, 0.2) is 0 Å². The van der Waals surface area contributed by atoms with Crippen molar-refractivity contribution >= 4 is 17.7 Å². The van der Waals surface area contributed by atoms with Gasteiger partial charge in [0.05, 0.1) is 5.41 Å². The Balaban J connectivity index is 5.48. The number of carbonyl (C=O) groups is 3. The maximum Gasteiger partial charge on any atom is 0.233 e. The van der Waals surface area contributed by atoms with Crippen LogP contribution in [0.15, 0.2) is 25.3 Å². The van der Waals surface area contributed by atoms with E-state index in [-0.39, 0.29) is 19.0 Å². The molecule has 0 saturated heterocycles. The summed E-state index contributed by atoms with van der Waals surface area (Å²) in [5.41, 5.74) is -1.68. The number of hydrogen-bond acceptors (Lipinski definition) is 3. The first-order valence-electron chi connectivity index (χ1n) is 7.57. The molecule has 0 aromatic rings. The van der Waals surface area contributed by atoms with Crippen LogP contribution < -0.4 is 16.0 Å². The quantitative estimate of drug-likeness (QED) is 0.462. The van der Waals surface area contributed by atoms with E-state index < -0.39 is 28.7 Å². The summed E-state index contributed by atoms with van der Waals surface area (Å²) in [6.45, 7) is 16.2. The lowest BCUT2D eigenvalue weighted by Crippen LogP contribution is -2.56. The zero-order valence-electron chi connectivity index (χ0n) is 14.8. The fourth-order valence-electron chi connectivity index (χ4n) is 1.96. The van der Waals surface area contributed by atoms with Crippen LogP contribution in [0.4, 0.5) is 0 Å². The molecule has 3 N–H and O–H groups in total. The third kappa shape index (κ3) is 6.67. The largest absolute Gasteiger partial charge is 0.352 e. The van der Waals surface area contributed by atoms with E-state index in [1.165, 1.54) is 12.2 Å². The molecule has 0 aromatic heterocycles. The Kier molecular flexibility index (Phi) is 7.72. The minimum Gasteiger partial charge on any atom is -0.352 e. The average molecular weight is 323 g/mol. The Morgan fingerprint density at radius 2 is 1.30 bits per heavy atom. The Morgan fingerprint density at radius 3 is 1.61 bits per heavy atom. The van der Waals surface area contributed by atoms with Gasteiger partial charge in [-0.25, -0.2) is 0 Å². The number of hydrogen-bond donors (Lipinski definition) is 3. The minimum atomic E-state index is -1.22. The molecule has 0 heterocycles. The van der Waals surface area contributed by atoms with Crippen LogP contribution in [-0.2, 0) is 14.4 Å². The van der Waals surface area contributed by atoms with E-state index in [1.807, 2.05) is 20.8 Å². The Morgan fingerprint density at radius 1 is 0.913 bits per heavy atom.